The lowest BCUT2D eigenvalue weighted by Gasteiger charge is -2.28. The molecule has 17 heavy (non-hydrogen) atoms. The number of hydrogen-bond donors (Lipinski definition) is 1. The van der Waals surface area contributed by atoms with Gasteiger partial charge < -0.3 is 14.6 Å². The third kappa shape index (κ3) is 1.83. The van der Waals surface area contributed by atoms with Gasteiger partial charge in [0.25, 0.3) is 0 Å². The van der Waals surface area contributed by atoms with E-state index in [1.54, 1.807) is 7.11 Å². The fraction of sp³-hybridized carbons (Fsp3) is 0.571. The maximum Gasteiger partial charge on any atom is 0.122 e. The van der Waals surface area contributed by atoms with Crippen molar-refractivity contribution in [2.75, 3.05) is 20.3 Å². The highest BCUT2D eigenvalue weighted by Gasteiger charge is 2.45. The van der Waals surface area contributed by atoms with Gasteiger partial charge in [0.05, 0.1) is 13.2 Å². The number of aliphatic hydroxyl groups is 1. The van der Waals surface area contributed by atoms with Crippen molar-refractivity contribution in [3.05, 3.63) is 29.3 Å². The summed E-state index contributed by atoms with van der Waals surface area (Å²) < 4.78 is 10.7. The number of benzene rings is 1. The van der Waals surface area contributed by atoms with Crippen LogP contribution in [0.15, 0.2) is 18.2 Å². The normalized spacial score (nSPS) is 21.8. The van der Waals surface area contributed by atoms with Crippen LogP contribution in [-0.4, -0.2) is 25.4 Å². The van der Waals surface area contributed by atoms with E-state index in [9.17, 15) is 5.11 Å². The van der Waals surface area contributed by atoms with E-state index in [2.05, 4.69) is 6.07 Å². The van der Waals surface area contributed by atoms with E-state index < -0.39 is 5.60 Å². The minimum absolute atomic E-state index is 0.350. The Hall–Kier alpha value is -1.06. The summed E-state index contributed by atoms with van der Waals surface area (Å²) in [6, 6.07) is 6.03. The first-order valence-electron chi connectivity index (χ1n) is 6.21. The van der Waals surface area contributed by atoms with Crippen molar-refractivity contribution in [3.63, 3.8) is 0 Å². The summed E-state index contributed by atoms with van der Waals surface area (Å²) in [4.78, 5) is 0. The zero-order valence-corrected chi connectivity index (χ0v) is 10.1. The quantitative estimate of drug-likeness (QED) is 0.864. The second-order valence-electron chi connectivity index (χ2n) is 5.05. The van der Waals surface area contributed by atoms with Crippen LogP contribution in [0.25, 0.3) is 0 Å². The van der Waals surface area contributed by atoms with E-state index >= 15 is 0 Å². The van der Waals surface area contributed by atoms with Crippen LogP contribution < -0.4 is 4.74 Å². The molecule has 1 aliphatic heterocycles. The van der Waals surface area contributed by atoms with Crippen LogP contribution in [0.3, 0.4) is 0 Å². The van der Waals surface area contributed by atoms with E-state index in [0.29, 0.717) is 12.5 Å². The summed E-state index contributed by atoms with van der Waals surface area (Å²) in [7, 11) is 1.64. The molecule has 0 saturated heterocycles. The first-order valence-corrected chi connectivity index (χ1v) is 6.21. The van der Waals surface area contributed by atoms with E-state index in [0.717, 1.165) is 37.2 Å². The van der Waals surface area contributed by atoms with Gasteiger partial charge >= 0.3 is 0 Å². The standard InChI is InChI=1S/C14H18O3/c1-16-9-14(15,11-2-3-11)12-4-5-13-10(8-12)6-7-17-13/h4-5,8,11,15H,2-3,6-7,9H2,1H3. The van der Waals surface area contributed by atoms with Gasteiger partial charge in [-0.1, -0.05) is 6.07 Å². The van der Waals surface area contributed by atoms with Crippen LogP contribution in [-0.2, 0) is 16.8 Å². The fourth-order valence-electron chi connectivity index (χ4n) is 2.67. The molecule has 1 atom stereocenters. The molecule has 0 amide bonds. The zero-order chi connectivity index (χ0) is 11.9. The predicted molar refractivity (Wildman–Crippen MR) is 64.1 cm³/mol. The highest BCUT2D eigenvalue weighted by Crippen LogP contribution is 2.46. The molecular weight excluding hydrogens is 216 g/mol. The van der Waals surface area contributed by atoms with Gasteiger partial charge in [0.15, 0.2) is 0 Å². The SMILES string of the molecule is COCC(O)(c1ccc2c(c1)CCO2)C1CC1. The molecule has 2 aliphatic rings. The predicted octanol–water partition coefficient (Wildman–Crippen LogP) is 1.87. The highest BCUT2D eigenvalue weighted by molar-refractivity contribution is 5.42. The Balaban J connectivity index is 1.95. The molecule has 1 aromatic carbocycles. The van der Waals surface area contributed by atoms with Gasteiger partial charge in [-0.3, -0.25) is 0 Å². The van der Waals surface area contributed by atoms with Gasteiger partial charge in [0, 0.05) is 13.5 Å². The number of methoxy groups -OCH3 is 1. The minimum Gasteiger partial charge on any atom is -0.493 e. The average molecular weight is 234 g/mol. The van der Waals surface area contributed by atoms with Gasteiger partial charge in [-0.05, 0) is 42.0 Å². The molecule has 1 saturated carbocycles. The Morgan fingerprint density at radius 2 is 2.29 bits per heavy atom. The molecule has 1 unspecified atom stereocenters. The molecule has 92 valence electrons. The molecule has 3 rings (SSSR count). The Morgan fingerprint density at radius 3 is 3.00 bits per heavy atom. The van der Waals surface area contributed by atoms with Gasteiger partial charge in [-0.2, -0.15) is 0 Å². The first kappa shape index (κ1) is 11.1. The summed E-state index contributed by atoms with van der Waals surface area (Å²) in [6.07, 6.45) is 3.12. The third-order valence-electron chi connectivity index (χ3n) is 3.81. The number of rotatable bonds is 4. The number of ether oxygens (including phenoxy) is 2. The molecule has 1 N–H and O–H groups in total. The van der Waals surface area contributed by atoms with Crippen molar-refractivity contribution in [2.24, 2.45) is 5.92 Å². The summed E-state index contributed by atoms with van der Waals surface area (Å²) in [5.41, 5.74) is 1.37. The molecule has 0 aromatic heterocycles. The summed E-state index contributed by atoms with van der Waals surface area (Å²) in [5.74, 6) is 1.31. The van der Waals surface area contributed by atoms with Crippen molar-refractivity contribution in [1.29, 1.82) is 0 Å². The molecule has 1 heterocycles. The molecule has 1 fully saturated rings. The molecule has 0 spiro atoms. The average Bonchev–Trinajstić information content (AvgIpc) is 3.08. The molecule has 1 aliphatic carbocycles. The molecular formula is C14H18O3. The Kier molecular flexibility index (Phi) is 2.60. The van der Waals surface area contributed by atoms with E-state index in [-0.39, 0.29) is 0 Å². The maximum absolute atomic E-state index is 10.8. The lowest BCUT2D eigenvalue weighted by atomic mass is 9.88. The number of fused-ring (bicyclic) bond motifs is 1. The van der Waals surface area contributed by atoms with Gasteiger partial charge in [0.1, 0.15) is 11.4 Å². The summed E-state index contributed by atoms with van der Waals surface area (Å²) >= 11 is 0. The van der Waals surface area contributed by atoms with Crippen LogP contribution in [0.2, 0.25) is 0 Å². The number of hydrogen-bond acceptors (Lipinski definition) is 3. The summed E-state index contributed by atoms with van der Waals surface area (Å²) in [5, 5.41) is 10.8. The second kappa shape index (κ2) is 4.00. The topological polar surface area (TPSA) is 38.7 Å². The first-order chi connectivity index (χ1) is 8.24. The van der Waals surface area contributed by atoms with Crippen molar-refractivity contribution in [3.8, 4) is 5.75 Å². The molecule has 1 aromatic rings. The van der Waals surface area contributed by atoms with Crippen molar-refractivity contribution < 1.29 is 14.6 Å². The van der Waals surface area contributed by atoms with Crippen LogP contribution in [0.1, 0.15) is 24.0 Å². The lowest BCUT2D eigenvalue weighted by molar-refractivity contribution is -0.0533. The van der Waals surface area contributed by atoms with Crippen LogP contribution >= 0.6 is 0 Å². The van der Waals surface area contributed by atoms with Gasteiger partial charge in [-0.15, -0.1) is 0 Å². The maximum atomic E-state index is 10.8. The Labute approximate surface area is 101 Å². The second-order valence-corrected chi connectivity index (χ2v) is 5.05. The van der Waals surface area contributed by atoms with Crippen molar-refractivity contribution in [2.45, 2.75) is 24.9 Å². The van der Waals surface area contributed by atoms with Crippen LogP contribution in [0, 0.1) is 5.92 Å². The molecule has 0 bridgehead atoms. The van der Waals surface area contributed by atoms with Crippen molar-refractivity contribution >= 4 is 0 Å². The van der Waals surface area contributed by atoms with Gasteiger partial charge in [0.2, 0.25) is 0 Å². The van der Waals surface area contributed by atoms with Crippen LogP contribution in [0.5, 0.6) is 5.75 Å². The largest absolute Gasteiger partial charge is 0.493 e. The van der Waals surface area contributed by atoms with Crippen molar-refractivity contribution in [1.82, 2.24) is 0 Å². The molecule has 0 radical (unpaired) electrons. The minimum atomic E-state index is -0.813. The zero-order valence-electron chi connectivity index (χ0n) is 10.1. The molecule has 3 heteroatoms. The van der Waals surface area contributed by atoms with Crippen LogP contribution in [0.4, 0.5) is 0 Å². The smallest absolute Gasteiger partial charge is 0.122 e. The molecule has 3 nitrogen and oxygen atoms in total. The van der Waals surface area contributed by atoms with E-state index in [1.807, 2.05) is 12.1 Å². The Morgan fingerprint density at radius 1 is 1.47 bits per heavy atom. The third-order valence-corrected chi connectivity index (χ3v) is 3.81. The van der Waals surface area contributed by atoms with E-state index in [1.165, 1.54) is 5.56 Å². The summed E-state index contributed by atoms with van der Waals surface area (Å²) in [6.45, 7) is 1.13. The highest BCUT2D eigenvalue weighted by atomic mass is 16.5. The lowest BCUT2D eigenvalue weighted by Crippen LogP contribution is -2.33. The monoisotopic (exact) mass is 234 g/mol. The van der Waals surface area contributed by atoms with Gasteiger partial charge in [-0.25, -0.2) is 0 Å². The van der Waals surface area contributed by atoms with E-state index in [4.69, 9.17) is 9.47 Å². The fourth-order valence-corrected chi connectivity index (χ4v) is 2.67. The Bertz CT molecular complexity index is 425.